The number of nitrogens with zero attached hydrogens (tertiary/aromatic N) is 5. The number of H-pyrrole nitrogens is 1. The van der Waals surface area contributed by atoms with Gasteiger partial charge in [0.2, 0.25) is 5.91 Å². The molecule has 3 aromatic heterocycles. The van der Waals surface area contributed by atoms with Gasteiger partial charge in [0.05, 0.1) is 30.6 Å². The number of amides is 1. The van der Waals surface area contributed by atoms with E-state index in [0.717, 1.165) is 37.9 Å². The molecule has 1 saturated heterocycles. The number of ether oxygens (including phenoxy) is 1. The van der Waals surface area contributed by atoms with Crippen molar-refractivity contribution in [3.8, 4) is 0 Å². The molecule has 13 heteroatoms. The zero-order chi connectivity index (χ0) is 25.3. The number of aliphatic hydroxyl groups excluding tert-OH is 1. The minimum atomic E-state index is -2.15. The van der Waals surface area contributed by atoms with Crippen molar-refractivity contribution in [1.82, 2.24) is 34.8 Å². The molecule has 0 spiro atoms. The molecule has 35 heavy (non-hydrogen) atoms. The number of fused-ring (bicyclic) bond motifs is 1. The Bertz CT molecular complexity index is 1190. The number of aromatic nitrogens is 6. The third kappa shape index (κ3) is 6.68. The van der Waals surface area contributed by atoms with E-state index in [4.69, 9.17) is 6.02 Å². The highest BCUT2D eigenvalue weighted by atomic mass is 31.1. The lowest BCUT2D eigenvalue weighted by atomic mass is 10.2. The Hall–Kier alpha value is -3.21. The molecule has 186 valence electrons. The van der Waals surface area contributed by atoms with Crippen LogP contribution in [-0.2, 0) is 14.1 Å². The standard InChI is InChI=1S/C22H29N8O4P/c31-16-9-19(34-17(16)11-35-33)30-14-29-20-21(27-13-28-22(20)30)25-8-4-2-1-3-7-24-18(32)6-5-15-10-23-12-26-15/h5-6,10,12-14,16-17,19,31H,1-4,7-9,11H2,(H,23,26)(H,24,32)(H,25,27,28)/p+1/i/hT. The van der Waals surface area contributed by atoms with Crippen LogP contribution in [0.2, 0.25) is 0 Å². The van der Waals surface area contributed by atoms with E-state index >= 15 is 0 Å². The van der Waals surface area contributed by atoms with Gasteiger partial charge in [0, 0.05) is 25.6 Å². The van der Waals surface area contributed by atoms with Gasteiger partial charge in [0.25, 0.3) is 0 Å². The molecule has 3 aromatic rings. The highest BCUT2D eigenvalue weighted by Gasteiger charge is 2.37. The van der Waals surface area contributed by atoms with Crippen molar-refractivity contribution in [2.45, 2.75) is 50.5 Å². The van der Waals surface area contributed by atoms with Crippen LogP contribution < -0.4 is 10.6 Å². The Balaban J connectivity index is 1.17. The molecule has 0 saturated carbocycles. The number of nitrogens with one attached hydrogen (secondary N) is 3. The van der Waals surface area contributed by atoms with Crippen molar-refractivity contribution in [2.75, 3.05) is 24.6 Å². The summed E-state index contributed by atoms with van der Waals surface area (Å²) in [7, 11) is -2.15. The number of unbranched alkanes of at least 4 members (excludes halogenated alkanes) is 3. The molecule has 4 atom stereocenters. The topological polar surface area (TPSA) is 160 Å². The van der Waals surface area contributed by atoms with Crippen LogP contribution >= 0.6 is 8.41 Å². The number of hydrogen-bond donors (Lipinski definition) is 4. The molecule has 1 aliphatic heterocycles. The van der Waals surface area contributed by atoms with Crippen molar-refractivity contribution in [3.05, 3.63) is 36.9 Å². The summed E-state index contributed by atoms with van der Waals surface area (Å²) in [5, 5.41) is 16.4. The van der Waals surface area contributed by atoms with Crippen molar-refractivity contribution >= 4 is 37.4 Å². The van der Waals surface area contributed by atoms with E-state index in [1.165, 1.54) is 12.4 Å². The van der Waals surface area contributed by atoms with Gasteiger partial charge in [-0.3, -0.25) is 9.36 Å². The first-order valence-electron chi connectivity index (χ1n) is 12.1. The highest BCUT2D eigenvalue weighted by Crippen LogP contribution is 2.32. The molecule has 0 bridgehead atoms. The molecule has 1 aliphatic rings. The Morgan fingerprint density at radius 3 is 2.97 bits per heavy atom. The summed E-state index contributed by atoms with van der Waals surface area (Å²) in [6.45, 7) is 1.34. The van der Waals surface area contributed by atoms with Crippen molar-refractivity contribution in [1.29, 1.82) is 1.28 Å². The van der Waals surface area contributed by atoms with Crippen LogP contribution in [0, 0.1) is 0 Å². The second-order valence-corrected chi connectivity index (χ2v) is 8.89. The molecular weight excluding hydrogens is 471 g/mol. The molecule has 4 N–H and O–H groups in total. The number of hydrogen-bond acceptors (Lipinski definition) is 9. The molecule has 4 heterocycles. The Labute approximate surface area is 205 Å². The van der Waals surface area contributed by atoms with Gasteiger partial charge >= 0.3 is 9.68 Å². The second-order valence-electron chi connectivity index (χ2n) is 8.26. The average molecular weight is 504 g/mol. The third-order valence-electron chi connectivity index (χ3n) is 5.76. The fraction of sp³-hybridized carbons (Fsp3) is 0.500. The molecule has 0 aromatic carbocycles. The molecule has 1 amide bonds. The summed E-state index contributed by atoms with van der Waals surface area (Å²) < 4.78 is 26.1. The molecule has 12 nitrogen and oxygen atoms in total. The molecule has 1 fully saturated rings. The number of aliphatic hydroxyl groups is 1. The molecule has 0 radical (unpaired) electrons. The van der Waals surface area contributed by atoms with Crippen LogP contribution in [0.4, 0.5) is 5.82 Å². The number of aromatic amines is 1. The number of rotatable bonds is 13. The van der Waals surface area contributed by atoms with Crippen LogP contribution in [0.25, 0.3) is 17.2 Å². The van der Waals surface area contributed by atoms with Crippen LogP contribution in [0.5, 0.6) is 0 Å². The summed E-state index contributed by atoms with van der Waals surface area (Å²) >= 11 is 0. The summed E-state index contributed by atoms with van der Waals surface area (Å²) in [6.07, 6.45) is 11.7. The monoisotopic (exact) mass is 503 g/mol. The summed E-state index contributed by atoms with van der Waals surface area (Å²) in [6, 6.07) is 0. The summed E-state index contributed by atoms with van der Waals surface area (Å²) in [4.78, 5) is 31.7. The van der Waals surface area contributed by atoms with E-state index in [1.807, 2.05) is 0 Å². The first-order chi connectivity index (χ1) is 17.5. The average Bonchev–Trinajstić information content (AvgIpc) is 3.60. The molecular formula is C22H30N8O4P+. The maximum atomic E-state index is 11.8. The lowest BCUT2D eigenvalue weighted by Gasteiger charge is -2.12. The SMILES string of the molecule is [3H][P+](=O)CC1OC(n2cnc3c(NCCCCCCNC(=O)C=Cc4cnc[nH]4)ncnc32)CC1O. The minimum absolute atomic E-state index is 0.00315. The van der Waals surface area contributed by atoms with Crippen molar-refractivity contribution in [2.24, 2.45) is 0 Å². The minimum Gasteiger partial charge on any atom is -0.390 e. The van der Waals surface area contributed by atoms with E-state index in [9.17, 15) is 14.5 Å². The number of imidazole rings is 2. The van der Waals surface area contributed by atoms with E-state index in [0.29, 0.717) is 29.9 Å². The van der Waals surface area contributed by atoms with Gasteiger partial charge < -0.3 is 25.5 Å². The third-order valence-corrected chi connectivity index (χ3v) is 6.27. The number of anilines is 1. The number of carbonyl (C=O) groups excluding carboxylic acids is 1. The normalized spacial score (nSPS) is 20.9. The summed E-state index contributed by atoms with van der Waals surface area (Å²) in [5.74, 6) is 0.498. The quantitative estimate of drug-likeness (QED) is 0.155. The van der Waals surface area contributed by atoms with Gasteiger partial charge in [0.15, 0.2) is 23.1 Å². The second kappa shape index (κ2) is 12.5. The van der Waals surface area contributed by atoms with Gasteiger partial charge in [-0.2, -0.15) is 0 Å². The van der Waals surface area contributed by atoms with E-state index in [-0.39, 0.29) is 12.1 Å². The van der Waals surface area contributed by atoms with Gasteiger partial charge in [-0.05, 0) is 18.9 Å². The van der Waals surface area contributed by atoms with Gasteiger partial charge in [-0.15, -0.1) is 0 Å². The maximum absolute atomic E-state index is 11.8. The fourth-order valence-electron chi connectivity index (χ4n) is 3.92. The zero-order valence-electron chi connectivity index (χ0n) is 20.2. The van der Waals surface area contributed by atoms with Crippen molar-refractivity contribution in [3.63, 3.8) is 0 Å². The first kappa shape index (κ1) is 23.5. The van der Waals surface area contributed by atoms with E-state index in [1.54, 1.807) is 29.5 Å². The zero-order valence-corrected chi connectivity index (χ0v) is 20.1. The molecule has 4 unspecified atom stereocenters. The Kier molecular flexibility index (Phi) is 8.39. The lowest BCUT2D eigenvalue weighted by molar-refractivity contribution is -0.116. The largest absolute Gasteiger partial charge is 0.390 e. The summed E-state index contributed by atoms with van der Waals surface area (Å²) in [5.41, 5.74) is 1.97. The predicted octanol–water partition coefficient (Wildman–Crippen LogP) is 2.02. The van der Waals surface area contributed by atoms with E-state index < -0.39 is 26.8 Å². The molecule has 4 rings (SSSR count). The smallest absolute Gasteiger partial charge is 0.388 e. The predicted molar refractivity (Wildman–Crippen MR) is 131 cm³/mol. The van der Waals surface area contributed by atoms with Crippen LogP contribution in [0.3, 0.4) is 0 Å². The van der Waals surface area contributed by atoms with E-state index in [2.05, 4.69) is 35.6 Å². The van der Waals surface area contributed by atoms with Gasteiger partial charge in [0.1, 0.15) is 18.7 Å². The van der Waals surface area contributed by atoms with Crippen LogP contribution in [0.15, 0.2) is 31.3 Å². The lowest BCUT2D eigenvalue weighted by Crippen LogP contribution is -2.22. The van der Waals surface area contributed by atoms with Crippen LogP contribution in [0.1, 0.15) is 44.0 Å². The van der Waals surface area contributed by atoms with Gasteiger partial charge in [-0.25, -0.2) is 19.9 Å². The molecule has 0 aliphatic carbocycles. The van der Waals surface area contributed by atoms with Crippen molar-refractivity contribution < 1.29 is 19.2 Å². The Morgan fingerprint density at radius 2 is 2.17 bits per heavy atom. The first-order valence-corrected chi connectivity index (χ1v) is 12.6. The maximum Gasteiger partial charge on any atom is 0.388 e. The Morgan fingerprint density at radius 1 is 1.31 bits per heavy atom. The van der Waals surface area contributed by atoms with Gasteiger partial charge in [-0.1, -0.05) is 17.4 Å². The fourth-order valence-corrected chi connectivity index (χ4v) is 4.40. The van der Waals surface area contributed by atoms with Crippen LogP contribution in [-0.4, -0.2) is 73.2 Å². The highest BCUT2D eigenvalue weighted by molar-refractivity contribution is 7.23. The number of carbonyl (C=O) groups is 1.